The van der Waals surface area contributed by atoms with Gasteiger partial charge in [0.05, 0.1) is 11.8 Å². The van der Waals surface area contributed by atoms with E-state index in [9.17, 15) is 9.59 Å². The van der Waals surface area contributed by atoms with Gasteiger partial charge in [-0.15, -0.1) is 0 Å². The summed E-state index contributed by atoms with van der Waals surface area (Å²) in [4.78, 5) is 28.9. The van der Waals surface area contributed by atoms with E-state index in [1.807, 2.05) is 54.6 Å². The molecule has 4 aromatic carbocycles. The molecule has 36 heavy (non-hydrogen) atoms. The van der Waals surface area contributed by atoms with Crippen LogP contribution in [0, 0.1) is 3.57 Å². The molecule has 0 saturated carbocycles. The minimum absolute atomic E-state index is 0.342. The summed E-state index contributed by atoms with van der Waals surface area (Å²) in [6.45, 7) is 0. The van der Waals surface area contributed by atoms with Crippen LogP contribution in [0.2, 0.25) is 0 Å². The Morgan fingerprint density at radius 1 is 0.861 bits per heavy atom. The first-order valence-corrected chi connectivity index (χ1v) is 12.2. The normalized spacial score (nSPS) is 11.0. The summed E-state index contributed by atoms with van der Waals surface area (Å²) >= 11 is 2.26. The fraction of sp³-hybridized carbons (Fsp3) is 0. The van der Waals surface area contributed by atoms with Crippen LogP contribution in [0.25, 0.3) is 22.0 Å². The Labute approximate surface area is 221 Å². The Hall–Kier alpha value is -4.24. The van der Waals surface area contributed by atoms with Crippen LogP contribution in [0.4, 0.5) is 0 Å². The molecule has 0 bridgehead atoms. The number of para-hydroxylation sites is 1. The molecule has 0 aliphatic heterocycles. The van der Waals surface area contributed by atoms with Crippen LogP contribution < -0.4 is 10.2 Å². The molecular weight excluding hydrogens is 565 g/mol. The van der Waals surface area contributed by atoms with Crippen molar-refractivity contribution in [2.75, 3.05) is 0 Å². The van der Waals surface area contributed by atoms with E-state index in [1.165, 1.54) is 6.21 Å². The Kier molecular flexibility index (Phi) is 6.90. The van der Waals surface area contributed by atoms with Gasteiger partial charge in [0.15, 0.2) is 0 Å². The topological polar surface area (TPSA) is 83.5 Å². The monoisotopic (exact) mass is 585 g/mol. The SMILES string of the molecule is O=C(Oc1ccccc1C=NNC(=O)c1[nH]c2ccc(I)cc2c1-c1ccccc1)c1ccccc1. The quantitative estimate of drug-likeness (QED) is 0.0793. The summed E-state index contributed by atoms with van der Waals surface area (Å²) in [5.74, 6) is -0.509. The van der Waals surface area contributed by atoms with Crippen LogP contribution in [0.1, 0.15) is 26.4 Å². The molecule has 0 spiro atoms. The number of esters is 1. The molecule has 5 rings (SSSR count). The van der Waals surface area contributed by atoms with E-state index >= 15 is 0 Å². The molecule has 0 saturated heterocycles. The molecule has 0 radical (unpaired) electrons. The average Bonchev–Trinajstić information content (AvgIpc) is 3.29. The number of hydrogen-bond donors (Lipinski definition) is 2. The zero-order chi connectivity index (χ0) is 24.9. The van der Waals surface area contributed by atoms with Crippen molar-refractivity contribution in [3.8, 4) is 16.9 Å². The number of hydrogen-bond acceptors (Lipinski definition) is 4. The lowest BCUT2D eigenvalue weighted by molar-refractivity contribution is 0.0734. The molecule has 0 atom stereocenters. The van der Waals surface area contributed by atoms with Crippen molar-refractivity contribution >= 4 is 51.6 Å². The lowest BCUT2D eigenvalue weighted by atomic mass is 10.0. The molecule has 6 nitrogen and oxygen atoms in total. The zero-order valence-corrected chi connectivity index (χ0v) is 21.1. The first-order valence-electron chi connectivity index (χ1n) is 11.2. The molecule has 0 unspecified atom stereocenters. The van der Waals surface area contributed by atoms with E-state index in [1.54, 1.807) is 48.5 Å². The highest BCUT2D eigenvalue weighted by Crippen LogP contribution is 2.33. The third-order valence-corrected chi connectivity index (χ3v) is 6.22. The number of aromatic nitrogens is 1. The van der Waals surface area contributed by atoms with Gasteiger partial charge in [0.2, 0.25) is 0 Å². The Balaban J connectivity index is 1.40. The number of ether oxygens (including phenoxy) is 1. The Bertz CT molecular complexity index is 1580. The van der Waals surface area contributed by atoms with E-state index in [-0.39, 0.29) is 5.91 Å². The molecule has 1 aromatic heterocycles. The molecule has 1 amide bonds. The number of H-pyrrole nitrogens is 1. The number of carbonyl (C=O) groups excluding carboxylic acids is 2. The van der Waals surface area contributed by atoms with Crippen LogP contribution in [-0.2, 0) is 0 Å². The second-order valence-corrected chi connectivity index (χ2v) is 9.17. The number of aromatic amines is 1. The first kappa shape index (κ1) is 23.5. The van der Waals surface area contributed by atoms with Crippen molar-refractivity contribution in [3.63, 3.8) is 0 Å². The third-order valence-electron chi connectivity index (χ3n) is 5.55. The smallest absolute Gasteiger partial charge is 0.343 e. The van der Waals surface area contributed by atoms with Crippen LogP contribution in [0.15, 0.2) is 108 Å². The van der Waals surface area contributed by atoms with Gasteiger partial charge in [0.1, 0.15) is 11.4 Å². The second kappa shape index (κ2) is 10.6. The molecule has 176 valence electrons. The maximum absolute atomic E-state index is 13.2. The second-order valence-electron chi connectivity index (χ2n) is 7.92. The molecule has 2 N–H and O–H groups in total. The van der Waals surface area contributed by atoms with Crippen molar-refractivity contribution in [1.82, 2.24) is 10.4 Å². The van der Waals surface area contributed by atoms with Gasteiger partial charge in [0.25, 0.3) is 5.91 Å². The van der Waals surface area contributed by atoms with E-state index in [0.29, 0.717) is 22.6 Å². The maximum Gasteiger partial charge on any atom is 0.343 e. The standard InChI is InChI=1S/C29H20IN3O3/c30-22-15-16-24-23(17-22)26(19-9-3-1-4-10-19)27(32-24)28(34)33-31-18-21-13-7-8-14-25(21)36-29(35)20-11-5-2-6-12-20/h1-18,32H,(H,33,34). The predicted molar refractivity (Wildman–Crippen MR) is 149 cm³/mol. The van der Waals surface area contributed by atoms with Crippen molar-refractivity contribution in [2.24, 2.45) is 5.10 Å². The van der Waals surface area contributed by atoms with Crippen LogP contribution in [-0.4, -0.2) is 23.1 Å². The van der Waals surface area contributed by atoms with Crippen molar-refractivity contribution < 1.29 is 14.3 Å². The molecule has 0 aliphatic carbocycles. The summed E-state index contributed by atoms with van der Waals surface area (Å²) < 4.78 is 6.62. The number of fused-ring (bicyclic) bond motifs is 1. The molecule has 0 aliphatic rings. The Morgan fingerprint density at radius 3 is 2.33 bits per heavy atom. The molecule has 0 fully saturated rings. The van der Waals surface area contributed by atoms with E-state index in [0.717, 1.165) is 25.6 Å². The van der Waals surface area contributed by atoms with Gasteiger partial charge in [-0.3, -0.25) is 4.79 Å². The van der Waals surface area contributed by atoms with Gasteiger partial charge >= 0.3 is 5.97 Å². The van der Waals surface area contributed by atoms with Crippen molar-refractivity contribution in [3.05, 3.63) is 124 Å². The van der Waals surface area contributed by atoms with Crippen LogP contribution >= 0.6 is 22.6 Å². The average molecular weight is 585 g/mol. The van der Waals surface area contributed by atoms with Crippen molar-refractivity contribution in [2.45, 2.75) is 0 Å². The van der Waals surface area contributed by atoms with Crippen molar-refractivity contribution in [1.29, 1.82) is 0 Å². The number of benzene rings is 4. The summed E-state index contributed by atoms with van der Waals surface area (Å²) in [5.41, 5.74) is 6.62. The van der Waals surface area contributed by atoms with E-state index in [2.05, 4.69) is 38.1 Å². The predicted octanol–water partition coefficient (Wildman–Crippen LogP) is 6.42. The number of rotatable bonds is 6. The molecular formula is C29H20IN3O3. The highest BCUT2D eigenvalue weighted by atomic mass is 127. The number of halogens is 1. The lowest BCUT2D eigenvalue weighted by Gasteiger charge is -2.07. The summed E-state index contributed by atoms with van der Waals surface area (Å²) in [5, 5.41) is 5.10. The van der Waals surface area contributed by atoms with Gasteiger partial charge in [-0.2, -0.15) is 5.10 Å². The van der Waals surface area contributed by atoms with Crippen LogP contribution in [0.3, 0.4) is 0 Å². The van der Waals surface area contributed by atoms with Gasteiger partial charge in [0, 0.05) is 25.6 Å². The number of hydrazone groups is 1. The summed E-state index contributed by atoms with van der Waals surface area (Å²) in [7, 11) is 0. The first-order chi connectivity index (χ1) is 17.6. The Morgan fingerprint density at radius 2 is 1.56 bits per heavy atom. The zero-order valence-electron chi connectivity index (χ0n) is 18.9. The van der Waals surface area contributed by atoms with E-state index < -0.39 is 5.97 Å². The largest absolute Gasteiger partial charge is 0.422 e. The van der Waals surface area contributed by atoms with E-state index in [4.69, 9.17) is 4.74 Å². The maximum atomic E-state index is 13.2. The van der Waals surface area contributed by atoms with Gasteiger partial charge in [-0.05, 0) is 70.6 Å². The highest BCUT2D eigenvalue weighted by molar-refractivity contribution is 14.1. The fourth-order valence-electron chi connectivity index (χ4n) is 3.87. The number of nitrogens with one attached hydrogen (secondary N) is 2. The number of amides is 1. The highest BCUT2D eigenvalue weighted by Gasteiger charge is 2.19. The van der Waals surface area contributed by atoms with Gasteiger partial charge in [-0.1, -0.05) is 60.7 Å². The fourth-order valence-corrected chi connectivity index (χ4v) is 4.36. The lowest BCUT2D eigenvalue weighted by Crippen LogP contribution is -2.19. The van der Waals surface area contributed by atoms with Crippen LogP contribution in [0.5, 0.6) is 5.75 Å². The van der Waals surface area contributed by atoms with Gasteiger partial charge in [-0.25, -0.2) is 10.2 Å². The minimum Gasteiger partial charge on any atom is -0.422 e. The summed E-state index contributed by atoms with van der Waals surface area (Å²) in [6, 6.07) is 31.5. The number of carbonyl (C=O) groups is 2. The molecule has 5 aromatic rings. The third kappa shape index (κ3) is 5.06. The summed E-state index contributed by atoms with van der Waals surface area (Å²) in [6.07, 6.45) is 1.46. The number of nitrogens with zero attached hydrogens (tertiary/aromatic N) is 1. The van der Waals surface area contributed by atoms with Gasteiger partial charge < -0.3 is 9.72 Å². The molecule has 1 heterocycles. The molecule has 7 heteroatoms. The minimum atomic E-state index is -0.472.